The number of carbonyl (C=O) groups is 1. The van der Waals surface area contributed by atoms with Gasteiger partial charge < -0.3 is 5.32 Å². The van der Waals surface area contributed by atoms with E-state index >= 15 is 0 Å². The Morgan fingerprint density at radius 3 is 2.67 bits per heavy atom. The molecule has 134 valence electrons. The Morgan fingerprint density at radius 2 is 2.04 bits per heavy atom. The van der Waals surface area contributed by atoms with Gasteiger partial charge in [-0.3, -0.25) is 4.79 Å². The maximum atomic E-state index is 12.7. The molecule has 1 heterocycles. The van der Waals surface area contributed by atoms with Crippen LogP contribution in [0.4, 0.5) is 0 Å². The molecule has 0 saturated carbocycles. The Balaban J connectivity index is 2.07. The van der Waals surface area contributed by atoms with Gasteiger partial charge in [0.1, 0.15) is 0 Å². The van der Waals surface area contributed by atoms with E-state index < -0.39 is 10.0 Å². The minimum atomic E-state index is -3.23. The van der Waals surface area contributed by atoms with Crippen LogP contribution in [0.25, 0.3) is 0 Å². The zero-order chi connectivity index (χ0) is 17.7. The van der Waals surface area contributed by atoms with Gasteiger partial charge in [-0.1, -0.05) is 31.2 Å². The van der Waals surface area contributed by atoms with Gasteiger partial charge >= 0.3 is 0 Å². The first-order valence-corrected chi connectivity index (χ1v) is 10.3. The highest BCUT2D eigenvalue weighted by Gasteiger charge is 2.32. The molecule has 1 aromatic rings. The van der Waals surface area contributed by atoms with Crippen LogP contribution >= 0.6 is 0 Å². The van der Waals surface area contributed by atoms with Gasteiger partial charge in [0.15, 0.2) is 0 Å². The van der Waals surface area contributed by atoms with Gasteiger partial charge in [-0.2, -0.15) is 0 Å². The monoisotopic (exact) mass is 352 g/mol. The number of hydrogen-bond donors (Lipinski definition) is 1. The first kappa shape index (κ1) is 18.9. The number of hydrogen-bond acceptors (Lipinski definition) is 3. The minimum absolute atomic E-state index is 0.0307. The third-order valence-electron chi connectivity index (χ3n) is 4.80. The molecule has 0 aliphatic carbocycles. The molecule has 1 aromatic carbocycles. The van der Waals surface area contributed by atoms with Crippen molar-refractivity contribution in [1.82, 2.24) is 9.62 Å². The molecule has 1 aliphatic heterocycles. The SMILES string of the molecule is CC[C@H](NC(=O)[C@H]1CCCN(S(=O)(=O)CC)C1)c1ccccc1C. The van der Waals surface area contributed by atoms with Gasteiger partial charge in [0.2, 0.25) is 15.9 Å². The van der Waals surface area contributed by atoms with E-state index in [0.717, 1.165) is 30.4 Å². The van der Waals surface area contributed by atoms with Crippen LogP contribution in [-0.4, -0.2) is 37.5 Å². The summed E-state index contributed by atoms with van der Waals surface area (Å²) in [7, 11) is -3.23. The highest BCUT2D eigenvalue weighted by Crippen LogP contribution is 2.24. The second-order valence-corrected chi connectivity index (χ2v) is 8.68. The first-order chi connectivity index (χ1) is 11.4. The highest BCUT2D eigenvalue weighted by molar-refractivity contribution is 7.89. The third-order valence-corrected chi connectivity index (χ3v) is 6.65. The fourth-order valence-electron chi connectivity index (χ4n) is 3.26. The third kappa shape index (κ3) is 4.36. The molecule has 6 heteroatoms. The zero-order valence-corrected chi connectivity index (χ0v) is 15.6. The number of nitrogens with one attached hydrogen (secondary N) is 1. The van der Waals surface area contributed by atoms with E-state index in [1.165, 1.54) is 4.31 Å². The van der Waals surface area contributed by atoms with E-state index in [0.29, 0.717) is 13.1 Å². The number of piperidine rings is 1. The van der Waals surface area contributed by atoms with E-state index in [1.54, 1.807) is 6.92 Å². The van der Waals surface area contributed by atoms with Crippen molar-refractivity contribution in [1.29, 1.82) is 0 Å². The molecule has 1 saturated heterocycles. The van der Waals surface area contributed by atoms with Crippen molar-refractivity contribution < 1.29 is 13.2 Å². The van der Waals surface area contributed by atoms with E-state index in [4.69, 9.17) is 0 Å². The van der Waals surface area contributed by atoms with Crippen LogP contribution in [0.15, 0.2) is 24.3 Å². The fraction of sp³-hybridized carbons (Fsp3) is 0.611. The summed E-state index contributed by atoms with van der Waals surface area (Å²) in [4.78, 5) is 12.7. The van der Waals surface area contributed by atoms with E-state index in [2.05, 4.69) is 5.32 Å². The molecule has 2 atom stereocenters. The fourth-order valence-corrected chi connectivity index (χ4v) is 4.44. The van der Waals surface area contributed by atoms with Crippen LogP contribution in [0.5, 0.6) is 0 Å². The number of amides is 1. The van der Waals surface area contributed by atoms with Crippen molar-refractivity contribution in [3.8, 4) is 0 Å². The number of nitrogens with zero attached hydrogens (tertiary/aromatic N) is 1. The molecule has 0 radical (unpaired) electrons. The molecule has 0 spiro atoms. The molecule has 24 heavy (non-hydrogen) atoms. The molecule has 1 N–H and O–H groups in total. The average molecular weight is 353 g/mol. The standard InChI is InChI=1S/C18H28N2O3S/c1-4-17(16-11-7-6-9-14(16)3)19-18(21)15-10-8-12-20(13-15)24(22,23)5-2/h6-7,9,11,15,17H,4-5,8,10,12-13H2,1-3H3,(H,19,21)/t15-,17-/m0/s1. The average Bonchev–Trinajstić information content (AvgIpc) is 2.60. The second-order valence-electron chi connectivity index (χ2n) is 6.42. The van der Waals surface area contributed by atoms with Gasteiger partial charge in [-0.15, -0.1) is 0 Å². The summed E-state index contributed by atoms with van der Waals surface area (Å²) in [6.45, 7) is 6.55. The predicted octanol–water partition coefficient (Wildman–Crippen LogP) is 2.62. The molecule has 0 bridgehead atoms. The Labute approximate surface area is 145 Å². The summed E-state index contributed by atoms with van der Waals surface area (Å²) in [5.74, 6) is -0.221. The summed E-state index contributed by atoms with van der Waals surface area (Å²) in [6.07, 6.45) is 2.28. The Hall–Kier alpha value is -1.40. The van der Waals surface area contributed by atoms with Gasteiger partial charge in [-0.05, 0) is 44.2 Å². The molecule has 5 nitrogen and oxygen atoms in total. The Morgan fingerprint density at radius 1 is 1.33 bits per heavy atom. The van der Waals surface area contributed by atoms with Crippen LogP contribution in [0.3, 0.4) is 0 Å². The van der Waals surface area contributed by atoms with Gasteiger partial charge in [0, 0.05) is 13.1 Å². The number of rotatable bonds is 6. The quantitative estimate of drug-likeness (QED) is 0.856. The number of aryl methyl sites for hydroxylation is 1. The van der Waals surface area contributed by atoms with Crippen molar-refractivity contribution in [3.63, 3.8) is 0 Å². The second kappa shape index (κ2) is 8.12. The van der Waals surface area contributed by atoms with E-state index in [1.807, 2.05) is 38.1 Å². The lowest BCUT2D eigenvalue weighted by molar-refractivity contribution is -0.126. The molecular weight excluding hydrogens is 324 g/mol. The maximum Gasteiger partial charge on any atom is 0.224 e. The summed E-state index contributed by atoms with van der Waals surface area (Å²) >= 11 is 0. The Kier molecular flexibility index (Phi) is 6.40. The zero-order valence-electron chi connectivity index (χ0n) is 14.8. The molecule has 1 amide bonds. The first-order valence-electron chi connectivity index (χ1n) is 8.72. The lowest BCUT2D eigenvalue weighted by Crippen LogP contribution is -2.46. The molecule has 1 aliphatic rings. The van der Waals surface area contributed by atoms with Crippen LogP contribution < -0.4 is 5.32 Å². The Bertz CT molecular complexity index is 673. The lowest BCUT2D eigenvalue weighted by Gasteiger charge is -2.32. The van der Waals surface area contributed by atoms with Gasteiger partial charge in [0.25, 0.3) is 0 Å². The molecule has 0 unspecified atom stereocenters. The molecule has 2 rings (SSSR count). The summed E-state index contributed by atoms with van der Waals surface area (Å²) < 4.78 is 25.6. The van der Waals surface area contributed by atoms with Crippen molar-refractivity contribution in [2.45, 2.75) is 46.1 Å². The van der Waals surface area contributed by atoms with Crippen LogP contribution in [0.1, 0.15) is 50.3 Å². The van der Waals surface area contributed by atoms with Crippen molar-refractivity contribution in [3.05, 3.63) is 35.4 Å². The van der Waals surface area contributed by atoms with Crippen LogP contribution in [-0.2, 0) is 14.8 Å². The molecule has 1 fully saturated rings. The van der Waals surface area contributed by atoms with Gasteiger partial charge in [-0.25, -0.2) is 12.7 Å². The van der Waals surface area contributed by atoms with Crippen molar-refractivity contribution in [2.24, 2.45) is 5.92 Å². The van der Waals surface area contributed by atoms with Crippen LogP contribution in [0, 0.1) is 12.8 Å². The van der Waals surface area contributed by atoms with Crippen molar-refractivity contribution >= 4 is 15.9 Å². The number of benzene rings is 1. The maximum absolute atomic E-state index is 12.7. The number of sulfonamides is 1. The number of carbonyl (C=O) groups excluding carboxylic acids is 1. The normalized spacial score (nSPS) is 20.5. The summed E-state index contributed by atoms with van der Waals surface area (Å²) in [5.41, 5.74) is 2.28. The largest absolute Gasteiger partial charge is 0.349 e. The minimum Gasteiger partial charge on any atom is -0.349 e. The lowest BCUT2D eigenvalue weighted by atomic mass is 9.95. The smallest absolute Gasteiger partial charge is 0.224 e. The predicted molar refractivity (Wildman–Crippen MR) is 96.1 cm³/mol. The van der Waals surface area contributed by atoms with Crippen LogP contribution in [0.2, 0.25) is 0 Å². The van der Waals surface area contributed by atoms with E-state index in [9.17, 15) is 13.2 Å². The topological polar surface area (TPSA) is 66.5 Å². The molecular formula is C18H28N2O3S. The summed E-state index contributed by atoms with van der Waals surface area (Å²) in [5, 5.41) is 3.12. The van der Waals surface area contributed by atoms with Crippen molar-refractivity contribution in [2.75, 3.05) is 18.8 Å². The highest BCUT2D eigenvalue weighted by atomic mass is 32.2. The van der Waals surface area contributed by atoms with Gasteiger partial charge in [0.05, 0.1) is 17.7 Å². The summed E-state index contributed by atoms with van der Waals surface area (Å²) in [6, 6.07) is 8.02. The van der Waals surface area contributed by atoms with E-state index in [-0.39, 0.29) is 23.6 Å². The molecule has 0 aromatic heterocycles.